The summed E-state index contributed by atoms with van der Waals surface area (Å²) in [6.45, 7) is 3.60. The average Bonchev–Trinajstić information content (AvgIpc) is 2.76. The molecule has 0 unspecified atom stereocenters. The summed E-state index contributed by atoms with van der Waals surface area (Å²) in [7, 11) is 0. The third-order valence-corrected chi connectivity index (χ3v) is 3.57. The van der Waals surface area contributed by atoms with Crippen molar-refractivity contribution in [1.29, 1.82) is 5.26 Å². The maximum Gasteiger partial charge on any atom is 0.148 e. The maximum atomic E-state index is 9.06. The zero-order chi connectivity index (χ0) is 12.5. The molecule has 0 N–H and O–H groups in total. The molecule has 0 aliphatic rings. The molecule has 0 atom stereocenters. The lowest BCUT2D eigenvalue weighted by Gasteiger charge is -2.13. The lowest BCUT2D eigenvalue weighted by Crippen LogP contribution is -2.18. The van der Waals surface area contributed by atoms with Crippen molar-refractivity contribution < 1.29 is 0 Å². The highest BCUT2D eigenvalue weighted by atomic mass is 35.5. The molecule has 5 heteroatoms. The number of nitriles is 1. The highest BCUT2D eigenvalue weighted by Gasteiger charge is 2.23. The number of hydrogen-bond acceptors (Lipinski definition) is 4. The van der Waals surface area contributed by atoms with Gasteiger partial charge in [-0.05, 0) is 32.0 Å². The Morgan fingerprint density at radius 2 is 2.12 bits per heavy atom. The first-order valence-electron chi connectivity index (χ1n) is 5.03. The van der Waals surface area contributed by atoms with Gasteiger partial charge in [0.2, 0.25) is 0 Å². The van der Waals surface area contributed by atoms with Gasteiger partial charge in [-0.1, -0.05) is 11.6 Å². The van der Waals surface area contributed by atoms with E-state index in [1.807, 2.05) is 18.2 Å². The van der Waals surface area contributed by atoms with E-state index in [1.165, 1.54) is 11.3 Å². The van der Waals surface area contributed by atoms with Gasteiger partial charge in [0.25, 0.3) is 0 Å². The molecule has 0 aliphatic carbocycles. The molecule has 2 heterocycles. The number of thiophene rings is 1. The second-order valence-corrected chi connectivity index (χ2v) is 5.82. The molecule has 0 radical (unpaired) electrons. The van der Waals surface area contributed by atoms with Crippen molar-refractivity contribution in [2.24, 2.45) is 0 Å². The van der Waals surface area contributed by atoms with Gasteiger partial charge in [-0.15, -0.1) is 11.3 Å². The number of rotatable bonds is 2. The summed E-state index contributed by atoms with van der Waals surface area (Å²) < 4.78 is 0.722. The Kier molecular flexibility index (Phi) is 3.14. The first-order valence-corrected chi connectivity index (χ1v) is 6.23. The summed E-state index contributed by atoms with van der Waals surface area (Å²) in [4.78, 5) is 9.55. The summed E-state index contributed by atoms with van der Waals surface area (Å²) in [5, 5.41) is 9.06. The minimum Gasteiger partial charge on any atom is -0.240 e. The molecular formula is C12H10ClN3S. The highest BCUT2D eigenvalue weighted by molar-refractivity contribution is 7.19. The average molecular weight is 264 g/mol. The Balaban J connectivity index is 2.46. The minimum atomic E-state index is -0.683. The van der Waals surface area contributed by atoms with Crippen LogP contribution in [-0.4, -0.2) is 9.97 Å². The van der Waals surface area contributed by atoms with Crippen LogP contribution in [0.15, 0.2) is 24.4 Å². The van der Waals surface area contributed by atoms with Gasteiger partial charge in [-0.25, -0.2) is 9.97 Å². The topological polar surface area (TPSA) is 49.6 Å². The van der Waals surface area contributed by atoms with Crippen LogP contribution in [-0.2, 0) is 5.41 Å². The molecule has 0 saturated heterocycles. The predicted octanol–water partition coefficient (Wildman–Crippen LogP) is 3.66. The largest absolute Gasteiger partial charge is 0.240 e. The van der Waals surface area contributed by atoms with Crippen LogP contribution in [0, 0.1) is 11.3 Å². The van der Waals surface area contributed by atoms with Crippen LogP contribution in [0.3, 0.4) is 0 Å². The van der Waals surface area contributed by atoms with Gasteiger partial charge in [-0.3, -0.25) is 0 Å². The van der Waals surface area contributed by atoms with E-state index in [9.17, 15) is 0 Å². The van der Waals surface area contributed by atoms with Crippen molar-refractivity contribution in [2.75, 3.05) is 0 Å². The van der Waals surface area contributed by atoms with Crippen LogP contribution in [0.4, 0.5) is 0 Å². The molecule has 17 heavy (non-hydrogen) atoms. The van der Waals surface area contributed by atoms with Gasteiger partial charge in [0.15, 0.2) is 0 Å². The summed E-state index contributed by atoms with van der Waals surface area (Å²) in [5.41, 5.74) is 0.118. The standard InChI is InChI=1S/C12H10ClN3S/c1-12(2,7-14)11-15-6-5-8(16-11)9-3-4-10(13)17-9/h3-6H,1-2H3. The first-order chi connectivity index (χ1) is 8.03. The number of hydrogen-bond donors (Lipinski definition) is 0. The molecule has 0 bridgehead atoms. The Hall–Kier alpha value is -1.44. The Labute approximate surface area is 109 Å². The molecule has 2 aromatic rings. The quantitative estimate of drug-likeness (QED) is 0.831. The fraction of sp³-hybridized carbons (Fsp3) is 0.250. The van der Waals surface area contributed by atoms with Crippen LogP contribution in [0.2, 0.25) is 4.34 Å². The van der Waals surface area contributed by atoms with Crippen molar-refractivity contribution in [3.8, 4) is 16.6 Å². The predicted molar refractivity (Wildman–Crippen MR) is 69.0 cm³/mol. The van der Waals surface area contributed by atoms with Gasteiger partial charge < -0.3 is 0 Å². The van der Waals surface area contributed by atoms with E-state index in [2.05, 4.69) is 16.0 Å². The fourth-order valence-corrected chi connectivity index (χ4v) is 2.31. The summed E-state index contributed by atoms with van der Waals surface area (Å²) in [5.74, 6) is 0.530. The van der Waals surface area contributed by atoms with Gasteiger partial charge in [0.05, 0.1) is 21.0 Å². The molecule has 0 spiro atoms. The van der Waals surface area contributed by atoms with E-state index < -0.39 is 5.41 Å². The third kappa shape index (κ3) is 2.46. The summed E-state index contributed by atoms with van der Waals surface area (Å²) >= 11 is 7.35. The second-order valence-electron chi connectivity index (χ2n) is 4.11. The molecule has 0 fully saturated rings. The lowest BCUT2D eigenvalue weighted by molar-refractivity contribution is 0.630. The Morgan fingerprint density at radius 3 is 2.71 bits per heavy atom. The van der Waals surface area contributed by atoms with Crippen molar-refractivity contribution in [3.05, 3.63) is 34.6 Å². The van der Waals surface area contributed by atoms with Crippen LogP contribution in [0.25, 0.3) is 10.6 Å². The molecule has 0 aliphatic heterocycles. The zero-order valence-corrected chi connectivity index (χ0v) is 11.0. The first kappa shape index (κ1) is 12.0. The molecule has 3 nitrogen and oxygen atoms in total. The molecule has 2 aromatic heterocycles. The third-order valence-electron chi connectivity index (χ3n) is 2.32. The van der Waals surface area contributed by atoms with Crippen LogP contribution >= 0.6 is 22.9 Å². The molecular weight excluding hydrogens is 254 g/mol. The van der Waals surface area contributed by atoms with Gasteiger partial charge in [0, 0.05) is 6.20 Å². The van der Waals surface area contributed by atoms with Crippen LogP contribution < -0.4 is 0 Å². The van der Waals surface area contributed by atoms with E-state index >= 15 is 0 Å². The van der Waals surface area contributed by atoms with Crippen LogP contribution in [0.5, 0.6) is 0 Å². The number of nitrogens with zero attached hydrogens (tertiary/aromatic N) is 3. The van der Waals surface area contributed by atoms with E-state index in [1.54, 1.807) is 20.0 Å². The zero-order valence-electron chi connectivity index (χ0n) is 9.44. The van der Waals surface area contributed by atoms with E-state index in [0.29, 0.717) is 5.82 Å². The summed E-state index contributed by atoms with van der Waals surface area (Å²) in [6, 6.07) is 7.76. The number of aromatic nitrogens is 2. The SMILES string of the molecule is CC(C)(C#N)c1nccc(-c2ccc(Cl)s2)n1. The van der Waals surface area contributed by atoms with Crippen molar-refractivity contribution >= 4 is 22.9 Å². The molecule has 2 rings (SSSR count). The summed E-state index contributed by atoms with van der Waals surface area (Å²) in [6.07, 6.45) is 1.67. The maximum absolute atomic E-state index is 9.06. The highest BCUT2D eigenvalue weighted by Crippen LogP contribution is 2.30. The Bertz CT molecular complexity index is 583. The van der Waals surface area contributed by atoms with Gasteiger partial charge >= 0.3 is 0 Å². The second kappa shape index (κ2) is 4.44. The van der Waals surface area contributed by atoms with Gasteiger partial charge in [0.1, 0.15) is 11.2 Å². The van der Waals surface area contributed by atoms with E-state index in [4.69, 9.17) is 16.9 Å². The van der Waals surface area contributed by atoms with E-state index in [0.717, 1.165) is 14.9 Å². The molecule has 0 amide bonds. The molecule has 86 valence electrons. The van der Waals surface area contributed by atoms with Crippen molar-refractivity contribution in [2.45, 2.75) is 19.3 Å². The van der Waals surface area contributed by atoms with Crippen molar-refractivity contribution in [1.82, 2.24) is 9.97 Å². The van der Waals surface area contributed by atoms with E-state index in [-0.39, 0.29) is 0 Å². The molecule has 0 saturated carbocycles. The normalized spacial score (nSPS) is 11.2. The van der Waals surface area contributed by atoms with Gasteiger partial charge in [-0.2, -0.15) is 5.26 Å². The smallest absolute Gasteiger partial charge is 0.148 e. The fourth-order valence-electron chi connectivity index (χ4n) is 1.30. The minimum absolute atomic E-state index is 0.530. The van der Waals surface area contributed by atoms with Crippen molar-refractivity contribution in [3.63, 3.8) is 0 Å². The van der Waals surface area contributed by atoms with Crippen LogP contribution in [0.1, 0.15) is 19.7 Å². The lowest BCUT2D eigenvalue weighted by atomic mass is 9.95. The Morgan fingerprint density at radius 1 is 1.35 bits per heavy atom. The monoisotopic (exact) mass is 263 g/mol. The number of halogens is 1. The molecule has 0 aromatic carbocycles.